The molecule has 0 radical (unpaired) electrons. The monoisotopic (exact) mass is 157 g/mol. The van der Waals surface area contributed by atoms with Crippen LogP contribution in [-0.4, -0.2) is 24.1 Å². The Morgan fingerprint density at radius 3 is 2.73 bits per heavy atom. The van der Waals surface area contributed by atoms with E-state index >= 15 is 0 Å². The summed E-state index contributed by atoms with van der Waals surface area (Å²) in [6.07, 6.45) is 2.03. The van der Waals surface area contributed by atoms with E-state index in [2.05, 4.69) is 10.5 Å². The van der Waals surface area contributed by atoms with Crippen LogP contribution in [0.3, 0.4) is 0 Å². The minimum atomic E-state index is 0.201. The minimum absolute atomic E-state index is 0.201. The van der Waals surface area contributed by atoms with Crippen molar-refractivity contribution in [3.05, 3.63) is 11.6 Å². The van der Waals surface area contributed by atoms with E-state index in [0.717, 1.165) is 6.54 Å². The molecule has 0 bridgehead atoms. The molecule has 4 heteroatoms. The van der Waals surface area contributed by atoms with Gasteiger partial charge in [-0.1, -0.05) is 16.8 Å². The van der Waals surface area contributed by atoms with Crippen molar-refractivity contribution in [2.24, 2.45) is 10.9 Å². The molecule has 0 aliphatic carbocycles. The summed E-state index contributed by atoms with van der Waals surface area (Å²) >= 11 is 0. The van der Waals surface area contributed by atoms with Crippen molar-refractivity contribution >= 4 is 5.84 Å². The van der Waals surface area contributed by atoms with Gasteiger partial charge in [0.25, 0.3) is 0 Å². The molecule has 0 heterocycles. The van der Waals surface area contributed by atoms with E-state index < -0.39 is 0 Å². The SMILES string of the molecule is CC(C)=CCNC/C(N)=N/O. The molecule has 0 unspecified atom stereocenters. The maximum absolute atomic E-state index is 8.15. The lowest BCUT2D eigenvalue weighted by atomic mass is 10.3. The number of nitrogens with two attached hydrogens (primary N) is 1. The van der Waals surface area contributed by atoms with Gasteiger partial charge in [0.05, 0.1) is 6.54 Å². The van der Waals surface area contributed by atoms with Crippen LogP contribution in [-0.2, 0) is 0 Å². The summed E-state index contributed by atoms with van der Waals surface area (Å²) in [5.74, 6) is 0.201. The second kappa shape index (κ2) is 5.73. The number of hydrogen-bond donors (Lipinski definition) is 3. The average Bonchev–Trinajstić information content (AvgIpc) is 1.97. The Bertz CT molecular complexity index is 159. The van der Waals surface area contributed by atoms with Crippen molar-refractivity contribution in [1.29, 1.82) is 0 Å². The van der Waals surface area contributed by atoms with Gasteiger partial charge >= 0.3 is 0 Å². The van der Waals surface area contributed by atoms with E-state index in [4.69, 9.17) is 10.9 Å². The third-order valence-electron chi connectivity index (χ3n) is 1.09. The Balaban J connectivity index is 3.36. The van der Waals surface area contributed by atoms with E-state index in [-0.39, 0.29) is 5.84 Å². The Labute approximate surface area is 66.8 Å². The number of oxime groups is 1. The van der Waals surface area contributed by atoms with Crippen LogP contribution < -0.4 is 11.1 Å². The average molecular weight is 157 g/mol. The van der Waals surface area contributed by atoms with E-state index in [1.807, 2.05) is 19.9 Å². The summed E-state index contributed by atoms with van der Waals surface area (Å²) in [5.41, 5.74) is 6.45. The topological polar surface area (TPSA) is 70.6 Å². The van der Waals surface area contributed by atoms with Gasteiger partial charge in [-0.15, -0.1) is 0 Å². The largest absolute Gasteiger partial charge is 0.409 e. The van der Waals surface area contributed by atoms with Crippen LogP contribution in [0.25, 0.3) is 0 Å². The molecular weight excluding hydrogens is 142 g/mol. The van der Waals surface area contributed by atoms with Crippen LogP contribution in [0.15, 0.2) is 16.8 Å². The molecule has 4 N–H and O–H groups in total. The summed E-state index contributed by atoms with van der Waals surface area (Å²) < 4.78 is 0. The molecule has 0 fully saturated rings. The van der Waals surface area contributed by atoms with Crippen LogP contribution in [0.2, 0.25) is 0 Å². The molecule has 0 aliphatic heterocycles. The predicted octanol–water partition coefficient (Wildman–Crippen LogP) is 0.289. The standard InChI is InChI=1S/C7H15N3O/c1-6(2)3-4-9-5-7(8)10-11/h3,9,11H,4-5H2,1-2H3,(H2,8,10). The second-order valence-corrected chi connectivity index (χ2v) is 2.50. The van der Waals surface area contributed by atoms with Crippen LogP contribution in [0.1, 0.15) is 13.8 Å². The van der Waals surface area contributed by atoms with Crippen molar-refractivity contribution in [2.75, 3.05) is 13.1 Å². The first-order valence-electron chi connectivity index (χ1n) is 3.47. The van der Waals surface area contributed by atoms with Crippen LogP contribution >= 0.6 is 0 Å². The molecule has 0 aliphatic rings. The van der Waals surface area contributed by atoms with Crippen molar-refractivity contribution < 1.29 is 5.21 Å². The van der Waals surface area contributed by atoms with Gasteiger partial charge in [0.2, 0.25) is 0 Å². The molecule has 0 aromatic rings. The lowest BCUT2D eigenvalue weighted by molar-refractivity contribution is 0.317. The first-order chi connectivity index (χ1) is 5.16. The molecule has 0 spiro atoms. The van der Waals surface area contributed by atoms with E-state index in [9.17, 15) is 0 Å². The maximum atomic E-state index is 8.15. The lowest BCUT2D eigenvalue weighted by Crippen LogP contribution is -2.29. The number of amidine groups is 1. The molecule has 64 valence electrons. The Morgan fingerprint density at radius 1 is 1.64 bits per heavy atom. The van der Waals surface area contributed by atoms with Gasteiger partial charge in [-0.3, -0.25) is 0 Å². The molecule has 0 saturated carbocycles. The third kappa shape index (κ3) is 6.86. The first-order valence-corrected chi connectivity index (χ1v) is 3.47. The fourth-order valence-corrected chi connectivity index (χ4v) is 0.512. The normalized spacial score (nSPS) is 11.3. The zero-order valence-corrected chi connectivity index (χ0v) is 6.96. The number of nitrogens with one attached hydrogen (secondary N) is 1. The molecule has 0 saturated heterocycles. The van der Waals surface area contributed by atoms with Crippen molar-refractivity contribution in [3.63, 3.8) is 0 Å². The molecule has 0 amide bonds. The summed E-state index contributed by atoms with van der Waals surface area (Å²) in [4.78, 5) is 0. The van der Waals surface area contributed by atoms with Crippen molar-refractivity contribution in [3.8, 4) is 0 Å². The molecule has 0 aromatic heterocycles. The molecule has 0 aromatic carbocycles. The van der Waals surface area contributed by atoms with Crippen LogP contribution in [0, 0.1) is 0 Å². The van der Waals surface area contributed by atoms with Gasteiger partial charge in [-0.05, 0) is 13.8 Å². The molecule has 11 heavy (non-hydrogen) atoms. The zero-order chi connectivity index (χ0) is 8.69. The lowest BCUT2D eigenvalue weighted by Gasteiger charge is -1.98. The maximum Gasteiger partial charge on any atom is 0.153 e. The summed E-state index contributed by atoms with van der Waals surface area (Å²) in [6.45, 7) is 5.20. The van der Waals surface area contributed by atoms with E-state index in [1.165, 1.54) is 5.57 Å². The highest BCUT2D eigenvalue weighted by Gasteiger charge is 1.88. The Kier molecular flexibility index (Phi) is 5.20. The highest BCUT2D eigenvalue weighted by Crippen LogP contribution is 1.84. The highest BCUT2D eigenvalue weighted by molar-refractivity contribution is 5.81. The van der Waals surface area contributed by atoms with Gasteiger partial charge in [0.15, 0.2) is 5.84 Å². The van der Waals surface area contributed by atoms with E-state index in [1.54, 1.807) is 0 Å². The molecule has 4 nitrogen and oxygen atoms in total. The summed E-state index contributed by atoms with van der Waals surface area (Å²) in [7, 11) is 0. The van der Waals surface area contributed by atoms with E-state index in [0.29, 0.717) is 6.54 Å². The summed E-state index contributed by atoms with van der Waals surface area (Å²) in [5, 5.41) is 13.9. The van der Waals surface area contributed by atoms with Gasteiger partial charge in [-0.25, -0.2) is 0 Å². The predicted molar refractivity (Wildman–Crippen MR) is 45.7 cm³/mol. The highest BCUT2D eigenvalue weighted by atomic mass is 16.4. The Morgan fingerprint density at radius 2 is 2.27 bits per heavy atom. The number of allylic oxidation sites excluding steroid dienone is 1. The minimum Gasteiger partial charge on any atom is -0.409 e. The fourth-order valence-electron chi connectivity index (χ4n) is 0.512. The van der Waals surface area contributed by atoms with Crippen LogP contribution in [0.4, 0.5) is 0 Å². The third-order valence-corrected chi connectivity index (χ3v) is 1.09. The number of rotatable bonds is 4. The zero-order valence-electron chi connectivity index (χ0n) is 6.96. The van der Waals surface area contributed by atoms with Crippen molar-refractivity contribution in [1.82, 2.24) is 5.32 Å². The van der Waals surface area contributed by atoms with Gasteiger partial charge in [0, 0.05) is 6.54 Å². The fraction of sp³-hybridized carbons (Fsp3) is 0.571. The quantitative estimate of drug-likeness (QED) is 0.137. The summed E-state index contributed by atoms with van der Waals surface area (Å²) in [6, 6.07) is 0. The van der Waals surface area contributed by atoms with Gasteiger partial charge in [0.1, 0.15) is 0 Å². The number of hydrogen-bond acceptors (Lipinski definition) is 3. The van der Waals surface area contributed by atoms with Crippen LogP contribution in [0.5, 0.6) is 0 Å². The number of nitrogens with zero attached hydrogens (tertiary/aromatic N) is 1. The second-order valence-electron chi connectivity index (χ2n) is 2.50. The van der Waals surface area contributed by atoms with Gasteiger partial charge in [-0.2, -0.15) is 0 Å². The van der Waals surface area contributed by atoms with Crippen molar-refractivity contribution in [2.45, 2.75) is 13.8 Å². The smallest absolute Gasteiger partial charge is 0.153 e. The molecule has 0 rings (SSSR count). The Hall–Kier alpha value is -1.03. The first kappa shape index (κ1) is 9.97. The molecular formula is C7H15N3O. The van der Waals surface area contributed by atoms with Gasteiger partial charge < -0.3 is 16.3 Å². The molecule has 0 atom stereocenters.